The van der Waals surface area contributed by atoms with E-state index >= 15 is 0 Å². The van der Waals surface area contributed by atoms with Crippen molar-refractivity contribution in [2.24, 2.45) is 0 Å². The Balaban J connectivity index is 1.41. The minimum atomic E-state index is -0.604. The number of aromatic nitrogens is 1. The van der Waals surface area contributed by atoms with Crippen LogP contribution < -0.4 is 10.6 Å². The first-order valence-corrected chi connectivity index (χ1v) is 13.8. The molecule has 1 aliphatic rings. The van der Waals surface area contributed by atoms with E-state index in [-0.39, 0.29) is 32.0 Å². The number of esters is 1. The first kappa shape index (κ1) is 30.1. The summed E-state index contributed by atoms with van der Waals surface area (Å²) in [6.07, 6.45) is 2.46. The van der Waals surface area contributed by atoms with E-state index in [1.165, 1.54) is 0 Å². The van der Waals surface area contributed by atoms with E-state index < -0.39 is 18.3 Å². The van der Waals surface area contributed by atoms with Gasteiger partial charge in [0.15, 0.2) is 6.29 Å². The number of benzene rings is 2. The smallest absolute Gasteiger partial charge is 0.325 e. The van der Waals surface area contributed by atoms with Gasteiger partial charge in [-0.3, -0.25) is 9.78 Å². The number of aliphatic hydroxyl groups excluding tert-OH is 1. The third-order valence-corrected chi connectivity index (χ3v) is 6.75. The molecule has 1 saturated heterocycles. The normalized spacial score (nSPS) is 18.6. The zero-order chi connectivity index (χ0) is 29.0. The van der Waals surface area contributed by atoms with Gasteiger partial charge in [-0.15, -0.1) is 0 Å². The van der Waals surface area contributed by atoms with Crippen molar-refractivity contribution in [2.45, 2.75) is 44.9 Å². The fourth-order valence-corrected chi connectivity index (χ4v) is 4.59. The molecule has 10 nitrogen and oxygen atoms in total. The van der Waals surface area contributed by atoms with Crippen LogP contribution in [-0.2, 0) is 32.0 Å². The highest BCUT2D eigenvalue weighted by Crippen LogP contribution is 2.38. The second-order valence-electron chi connectivity index (χ2n) is 9.92. The Bertz CT molecular complexity index is 1240. The van der Waals surface area contributed by atoms with Crippen LogP contribution in [0.4, 0.5) is 10.5 Å². The lowest BCUT2D eigenvalue weighted by atomic mass is 9.99. The van der Waals surface area contributed by atoms with Gasteiger partial charge in [0.2, 0.25) is 0 Å². The largest absolute Gasteiger partial charge is 0.465 e. The van der Waals surface area contributed by atoms with Crippen LogP contribution in [0.3, 0.4) is 0 Å². The Labute approximate surface area is 240 Å². The summed E-state index contributed by atoms with van der Waals surface area (Å²) >= 11 is 0. The summed E-state index contributed by atoms with van der Waals surface area (Å²) in [7, 11) is 2.08. The van der Waals surface area contributed by atoms with E-state index in [1.807, 2.05) is 60.8 Å². The molecule has 218 valence electrons. The van der Waals surface area contributed by atoms with Gasteiger partial charge in [0.25, 0.3) is 0 Å². The number of urea groups is 1. The van der Waals surface area contributed by atoms with Crippen molar-refractivity contribution >= 4 is 17.7 Å². The molecule has 0 spiro atoms. The number of aliphatic hydroxyl groups is 1. The van der Waals surface area contributed by atoms with Crippen molar-refractivity contribution in [3.05, 3.63) is 95.3 Å². The Hall–Kier alpha value is -3.83. The maximum absolute atomic E-state index is 12.1. The summed E-state index contributed by atoms with van der Waals surface area (Å²) in [5.41, 5.74) is 4.30. The van der Waals surface area contributed by atoms with Gasteiger partial charge in [-0.2, -0.15) is 0 Å². The van der Waals surface area contributed by atoms with Gasteiger partial charge < -0.3 is 34.9 Å². The number of nitrogens with zero attached hydrogens (tertiary/aromatic N) is 2. The average Bonchev–Trinajstić information content (AvgIpc) is 3.00. The summed E-state index contributed by atoms with van der Waals surface area (Å²) in [6, 6.07) is 20.5. The molecular weight excluding hydrogens is 524 g/mol. The highest BCUT2D eigenvalue weighted by molar-refractivity contribution is 5.91. The first-order valence-electron chi connectivity index (χ1n) is 13.8. The van der Waals surface area contributed by atoms with Crippen LogP contribution in [0.1, 0.15) is 48.1 Å². The molecule has 2 heterocycles. The first-order chi connectivity index (χ1) is 19.9. The number of ether oxygens (including phenoxy) is 3. The Kier molecular flexibility index (Phi) is 11.2. The second kappa shape index (κ2) is 15.2. The maximum atomic E-state index is 12.1. The van der Waals surface area contributed by atoms with E-state index in [1.54, 1.807) is 19.1 Å². The van der Waals surface area contributed by atoms with Crippen LogP contribution in [0.25, 0.3) is 0 Å². The van der Waals surface area contributed by atoms with E-state index in [0.29, 0.717) is 12.1 Å². The number of carbonyl (C=O) groups is 2. The van der Waals surface area contributed by atoms with Gasteiger partial charge in [0.05, 0.1) is 25.4 Å². The summed E-state index contributed by atoms with van der Waals surface area (Å²) in [5.74, 6) is -0.498. The van der Waals surface area contributed by atoms with Gasteiger partial charge >= 0.3 is 12.0 Å². The number of pyridine rings is 1. The van der Waals surface area contributed by atoms with Crippen LogP contribution in [-0.4, -0.2) is 66.4 Å². The maximum Gasteiger partial charge on any atom is 0.325 e. The van der Waals surface area contributed by atoms with Crippen LogP contribution in [0, 0.1) is 0 Å². The van der Waals surface area contributed by atoms with Crippen molar-refractivity contribution in [3.63, 3.8) is 0 Å². The third-order valence-electron chi connectivity index (χ3n) is 6.75. The molecule has 3 aromatic rings. The van der Waals surface area contributed by atoms with Gasteiger partial charge in [-0.25, -0.2) is 4.79 Å². The number of hydrogen-bond acceptors (Lipinski definition) is 8. The highest BCUT2D eigenvalue weighted by Gasteiger charge is 2.32. The zero-order valence-electron chi connectivity index (χ0n) is 23.5. The third kappa shape index (κ3) is 9.36. The zero-order valence-corrected chi connectivity index (χ0v) is 23.5. The SMILES string of the molecule is CCOC(=O)CNC(=O)Nc1ccc(C2OC(CN(C)CCc3ccccn3)CC(c3ccc(CO)cc3)O2)cc1. The molecule has 4 rings (SSSR count). The van der Waals surface area contributed by atoms with E-state index in [4.69, 9.17) is 14.2 Å². The highest BCUT2D eigenvalue weighted by atomic mass is 16.7. The molecule has 2 aromatic carbocycles. The molecule has 3 unspecified atom stereocenters. The monoisotopic (exact) mass is 562 g/mol. The number of nitrogens with one attached hydrogen (secondary N) is 2. The fraction of sp³-hybridized carbons (Fsp3) is 0.387. The molecule has 3 atom stereocenters. The van der Waals surface area contributed by atoms with Crippen molar-refractivity contribution in [2.75, 3.05) is 38.6 Å². The van der Waals surface area contributed by atoms with Crippen molar-refractivity contribution in [1.29, 1.82) is 0 Å². The molecule has 41 heavy (non-hydrogen) atoms. The lowest BCUT2D eigenvalue weighted by molar-refractivity contribution is -0.252. The van der Waals surface area contributed by atoms with Crippen LogP contribution >= 0.6 is 0 Å². The predicted molar refractivity (Wildman–Crippen MR) is 154 cm³/mol. The number of rotatable bonds is 12. The molecule has 0 radical (unpaired) electrons. The van der Waals surface area contributed by atoms with E-state index in [2.05, 4.69) is 27.6 Å². The van der Waals surface area contributed by atoms with E-state index in [0.717, 1.165) is 41.9 Å². The quantitative estimate of drug-likeness (QED) is 0.284. The van der Waals surface area contributed by atoms with Crippen LogP contribution in [0.5, 0.6) is 0 Å². The Morgan fingerprint density at radius 3 is 2.49 bits per heavy atom. The number of likely N-dealkylation sites (N-methyl/N-ethyl adjacent to an activating group) is 1. The summed E-state index contributed by atoms with van der Waals surface area (Å²) in [5, 5.41) is 14.6. The minimum absolute atomic E-state index is 0.0114. The van der Waals surface area contributed by atoms with Crippen LogP contribution in [0.15, 0.2) is 72.9 Å². The Morgan fingerprint density at radius 2 is 1.80 bits per heavy atom. The van der Waals surface area contributed by atoms with Crippen molar-refractivity contribution in [3.8, 4) is 0 Å². The molecule has 1 fully saturated rings. The summed E-state index contributed by atoms with van der Waals surface area (Å²) < 4.78 is 17.7. The minimum Gasteiger partial charge on any atom is -0.465 e. The molecule has 1 aliphatic heterocycles. The molecule has 3 N–H and O–H groups in total. The van der Waals surface area contributed by atoms with Gasteiger partial charge in [-0.05, 0) is 49.4 Å². The van der Waals surface area contributed by atoms with Crippen molar-refractivity contribution < 1.29 is 28.9 Å². The lowest BCUT2D eigenvalue weighted by Gasteiger charge is -2.38. The number of amides is 2. The molecule has 0 bridgehead atoms. The average molecular weight is 563 g/mol. The summed E-state index contributed by atoms with van der Waals surface area (Å²) in [4.78, 5) is 30.3. The van der Waals surface area contributed by atoms with E-state index in [9.17, 15) is 14.7 Å². The molecule has 0 aliphatic carbocycles. The standard InChI is InChI=1S/C31H38N4O6/c1-3-39-29(37)19-33-31(38)34-26-13-11-24(12-14-26)30-40-27(20-35(2)17-15-25-6-4-5-16-32-25)18-28(41-30)23-9-7-22(21-36)8-10-23/h4-14,16,27-28,30,36H,3,15,17-21H2,1-2H3,(H2,33,34,38). The van der Waals surface area contributed by atoms with Crippen molar-refractivity contribution in [1.82, 2.24) is 15.2 Å². The number of hydrogen-bond donors (Lipinski definition) is 3. The molecule has 2 amide bonds. The molecule has 10 heteroatoms. The van der Waals surface area contributed by atoms with Crippen LogP contribution in [0.2, 0.25) is 0 Å². The number of anilines is 1. The lowest BCUT2D eigenvalue weighted by Crippen LogP contribution is -2.38. The molecule has 0 saturated carbocycles. The van der Waals surface area contributed by atoms with Gasteiger partial charge in [0.1, 0.15) is 6.54 Å². The second-order valence-corrected chi connectivity index (χ2v) is 9.92. The summed E-state index contributed by atoms with van der Waals surface area (Å²) in [6.45, 7) is 3.31. The number of carbonyl (C=O) groups excluding carboxylic acids is 2. The fourth-order valence-electron chi connectivity index (χ4n) is 4.59. The molecule has 1 aromatic heterocycles. The topological polar surface area (TPSA) is 122 Å². The Morgan fingerprint density at radius 1 is 1.05 bits per heavy atom. The predicted octanol–water partition coefficient (Wildman–Crippen LogP) is 3.98. The van der Waals surface area contributed by atoms with Gasteiger partial charge in [0, 0.05) is 49.1 Å². The van der Waals surface area contributed by atoms with Gasteiger partial charge in [-0.1, -0.05) is 42.5 Å². The molecular formula is C31H38N4O6.